The Balaban J connectivity index is 1.57. The van der Waals surface area contributed by atoms with Gasteiger partial charge in [0.2, 0.25) is 5.91 Å². The predicted molar refractivity (Wildman–Crippen MR) is 101 cm³/mol. The molecule has 0 radical (unpaired) electrons. The van der Waals surface area contributed by atoms with Crippen molar-refractivity contribution in [3.63, 3.8) is 0 Å². The number of ether oxygens (including phenoxy) is 2. The molecule has 1 aromatic heterocycles. The number of nitrogens with zero attached hydrogens (tertiary/aromatic N) is 2. The number of anilines is 1. The maximum atomic E-state index is 12.4. The molecule has 26 heavy (non-hydrogen) atoms. The largest absolute Gasteiger partial charge is 0.486 e. The molecule has 2 aromatic rings. The van der Waals surface area contributed by atoms with Crippen LogP contribution in [0.1, 0.15) is 18.9 Å². The number of benzene rings is 1. The van der Waals surface area contributed by atoms with E-state index in [1.54, 1.807) is 11.4 Å². The van der Waals surface area contributed by atoms with Gasteiger partial charge in [0.25, 0.3) is 0 Å². The van der Waals surface area contributed by atoms with Crippen LogP contribution in [0, 0.1) is 11.3 Å². The van der Waals surface area contributed by atoms with Crippen molar-refractivity contribution in [3.8, 4) is 17.6 Å². The zero-order valence-electron chi connectivity index (χ0n) is 14.6. The van der Waals surface area contributed by atoms with Gasteiger partial charge in [0.1, 0.15) is 23.8 Å². The number of carbonyl (C=O) groups excluding carboxylic acids is 1. The molecule has 7 heteroatoms. The van der Waals surface area contributed by atoms with Crippen molar-refractivity contribution in [2.75, 3.05) is 31.6 Å². The second-order valence-corrected chi connectivity index (χ2v) is 6.97. The van der Waals surface area contributed by atoms with E-state index < -0.39 is 0 Å². The van der Waals surface area contributed by atoms with Gasteiger partial charge < -0.3 is 14.8 Å². The van der Waals surface area contributed by atoms with Gasteiger partial charge in [-0.1, -0.05) is 19.1 Å². The fraction of sp³-hybridized carbons (Fsp3) is 0.368. The van der Waals surface area contributed by atoms with Crippen LogP contribution in [0.25, 0.3) is 0 Å². The number of nitrogens with one attached hydrogen (secondary N) is 1. The molecule has 136 valence electrons. The third-order valence-electron chi connectivity index (χ3n) is 3.98. The van der Waals surface area contributed by atoms with Gasteiger partial charge >= 0.3 is 0 Å². The summed E-state index contributed by atoms with van der Waals surface area (Å²) >= 11 is 1.35. The average molecular weight is 371 g/mol. The lowest BCUT2D eigenvalue weighted by Gasteiger charge is -2.30. The van der Waals surface area contributed by atoms with E-state index in [9.17, 15) is 4.79 Å². The number of rotatable bonds is 7. The van der Waals surface area contributed by atoms with Crippen molar-refractivity contribution in [2.45, 2.75) is 19.4 Å². The summed E-state index contributed by atoms with van der Waals surface area (Å²) in [6.07, 6.45) is 0.806. The molecule has 1 aromatic carbocycles. The van der Waals surface area contributed by atoms with E-state index in [2.05, 4.69) is 23.2 Å². The third kappa shape index (κ3) is 4.54. The van der Waals surface area contributed by atoms with Crippen molar-refractivity contribution in [2.24, 2.45) is 0 Å². The number of amides is 1. The molecule has 1 aliphatic heterocycles. The Labute approximate surface area is 156 Å². The maximum absolute atomic E-state index is 12.4. The second kappa shape index (κ2) is 8.70. The molecular weight excluding hydrogens is 350 g/mol. The summed E-state index contributed by atoms with van der Waals surface area (Å²) < 4.78 is 11.7. The van der Waals surface area contributed by atoms with E-state index in [4.69, 9.17) is 14.7 Å². The molecule has 1 atom stereocenters. The van der Waals surface area contributed by atoms with Gasteiger partial charge in [0.15, 0.2) is 11.5 Å². The Bertz CT molecular complexity index is 799. The first-order chi connectivity index (χ1) is 12.7. The van der Waals surface area contributed by atoms with Crippen LogP contribution in [0.2, 0.25) is 0 Å². The first kappa shape index (κ1) is 18.2. The summed E-state index contributed by atoms with van der Waals surface area (Å²) in [4.78, 5) is 14.4. The molecule has 0 aliphatic carbocycles. The summed E-state index contributed by atoms with van der Waals surface area (Å²) in [5.41, 5.74) is 0.492. The fourth-order valence-electron chi connectivity index (χ4n) is 2.86. The van der Waals surface area contributed by atoms with Crippen LogP contribution in [0.3, 0.4) is 0 Å². The summed E-state index contributed by atoms with van der Waals surface area (Å²) in [7, 11) is 0. The average Bonchev–Trinajstić information content (AvgIpc) is 3.08. The predicted octanol–water partition coefficient (Wildman–Crippen LogP) is 3.11. The quantitative estimate of drug-likeness (QED) is 0.809. The lowest BCUT2D eigenvalue weighted by Crippen LogP contribution is -2.44. The summed E-state index contributed by atoms with van der Waals surface area (Å²) in [5.74, 6) is 1.36. The number of fused-ring (bicyclic) bond motifs is 1. The van der Waals surface area contributed by atoms with E-state index in [0.29, 0.717) is 23.7 Å². The van der Waals surface area contributed by atoms with Crippen LogP contribution in [-0.2, 0) is 4.79 Å². The SMILES string of the molecule is CCCN(CC(=O)Nc1sccc1C#N)CC1COc2ccccc2O1. The van der Waals surface area contributed by atoms with Crippen molar-refractivity contribution in [1.29, 1.82) is 5.26 Å². The number of hydrogen-bond acceptors (Lipinski definition) is 6. The van der Waals surface area contributed by atoms with Crippen molar-refractivity contribution in [3.05, 3.63) is 41.3 Å². The molecule has 0 spiro atoms. The highest BCUT2D eigenvalue weighted by molar-refractivity contribution is 7.14. The Hall–Kier alpha value is -2.56. The lowest BCUT2D eigenvalue weighted by molar-refractivity contribution is -0.117. The van der Waals surface area contributed by atoms with Crippen LogP contribution in [0.15, 0.2) is 35.7 Å². The number of hydrogen-bond donors (Lipinski definition) is 1. The fourth-order valence-corrected chi connectivity index (χ4v) is 3.61. The minimum Gasteiger partial charge on any atom is -0.486 e. The van der Waals surface area contributed by atoms with Gasteiger partial charge in [-0.3, -0.25) is 9.69 Å². The lowest BCUT2D eigenvalue weighted by atomic mass is 10.2. The molecule has 0 fully saturated rings. The van der Waals surface area contributed by atoms with E-state index in [-0.39, 0.29) is 18.6 Å². The zero-order chi connectivity index (χ0) is 18.4. The maximum Gasteiger partial charge on any atom is 0.239 e. The van der Waals surface area contributed by atoms with Crippen molar-refractivity contribution >= 4 is 22.2 Å². The molecule has 0 saturated heterocycles. The van der Waals surface area contributed by atoms with Crippen LogP contribution in [-0.4, -0.2) is 43.2 Å². The highest BCUT2D eigenvalue weighted by Crippen LogP contribution is 2.31. The molecule has 6 nitrogen and oxygen atoms in total. The normalized spacial score (nSPS) is 15.5. The minimum absolute atomic E-state index is 0.124. The molecule has 1 unspecified atom stereocenters. The molecule has 3 rings (SSSR count). The molecule has 1 N–H and O–H groups in total. The summed E-state index contributed by atoms with van der Waals surface area (Å²) in [5, 5.41) is 14.3. The Kier molecular flexibility index (Phi) is 6.10. The van der Waals surface area contributed by atoms with Gasteiger partial charge in [-0.15, -0.1) is 11.3 Å². The van der Waals surface area contributed by atoms with Gasteiger partial charge in [0, 0.05) is 6.54 Å². The molecular formula is C19H21N3O3S. The van der Waals surface area contributed by atoms with Crippen LogP contribution < -0.4 is 14.8 Å². The number of thiophene rings is 1. The van der Waals surface area contributed by atoms with Crippen LogP contribution >= 0.6 is 11.3 Å². The Morgan fingerprint density at radius 1 is 1.38 bits per heavy atom. The smallest absolute Gasteiger partial charge is 0.239 e. The summed E-state index contributed by atoms with van der Waals surface area (Å²) in [6, 6.07) is 11.4. The van der Waals surface area contributed by atoms with Crippen molar-refractivity contribution < 1.29 is 14.3 Å². The van der Waals surface area contributed by atoms with Gasteiger partial charge in [-0.05, 0) is 36.5 Å². The highest BCUT2D eigenvalue weighted by Gasteiger charge is 2.24. The van der Waals surface area contributed by atoms with Crippen LogP contribution in [0.4, 0.5) is 5.00 Å². The van der Waals surface area contributed by atoms with Gasteiger partial charge in [-0.2, -0.15) is 5.26 Å². The van der Waals surface area contributed by atoms with Crippen molar-refractivity contribution in [1.82, 2.24) is 4.90 Å². The Morgan fingerprint density at radius 3 is 2.96 bits per heavy atom. The highest BCUT2D eigenvalue weighted by atomic mass is 32.1. The molecule has 2 heterocycles. The first-order valence-electron chi connectivity index (χ1n) is 8.58. The molecule has 1 aliphatic rings. The topological polar surface area (TPSA) is 74.6 Å². The second-order valence-electron chi connectivity index (χ2n) is 6.06. The zero-order valence-corrected chi connectivity index (χ0v) is 15.4. The van der Waals surface area contributed by atoms with E-state index >= 15 is 0 Å². The van der Waals surface area contributed by atoms with E-state index in [0.717, 1.165) is 24.5 Å². The third-order valence-corrected chi connectivity index (χ3v) is 4.80. The van der Waals surface area contributed by atoms with Crippen LogP contribution in [0.5, 0.6) is 11.5 Å². The Morgan fingerprint density at radius 2 is 2.19 bits per heavy atom. The molecule has 0 saturated carbocycles. The standard InChI is InChI=1S/C19H21N3O3S/c1-2-8-22(12-18(23)21-19-14(10-20)7-9-26-19)11-15-13-24-16-5-3-4-6-17(16)25-15/h3-7,9,15H,2,8,11-13H2,1H3,(H,21,23). The number of nitriles is 1. The first-order valence-corrected chi connectivity index (χ1v) is 9.46. The monoisotopic (exact) mass is 371 g/mol. The van der Waals surface area contributed by atoms with E-state index in [1.165, 1.54) is 11.3 Å². The van der Waals surface area contributed by atoms with Gasteiger partial charge in [0.05, 0.1) is 12.1 Å². The minimum atomic E-state index is -0.130. The summed E-state index contributed by atoms with van der Waals surface area (Å²) in [6.45, 7) is 4.17. The molecule has 1 amide bonds. The van der Waals surface area contributed by atoms with E-state index in [1.807, 2.05) is 24.3 Å². The van der Waals surface area contributed by atoms with Gasteiger partial charge in [-0.25, -0.2) is 0 Å². The molecule has 0 bridgehead atoms. The number of carbonyl (C=O) groups is 1. The number of para-hydroxylation sites is 2.